The van der Waals surface area contributed by atoms with Crippen molar-refractivity contribution in [2.24, 2.45) is 5.92 Å². The van der Waals surface area contributed by atoms with Gasteiger partial charge in [0.15, 0.2) is 0 Å². The van der Waals surface area contributed by atoms with Crippen LogP contribution in [-0.2, 0) is 4.79 Å². The first-order chi connectivity index (χ1) is 6.99. The van der Waals surface area contributed by atoms with E-state index >= 15 is 0 Å². The van der Waals surface area contributed by atoms with Gasteiger partial charge in [0.1, 0.15) is 0 Å². The molecule has 0 saturated carbocycles. The van der Waals surface area contributed by atoms with E-state index in [1.807, 2.05) is 19.0 Å². The van der Waals surface area contributed by atoms with Gasteiger partial charge < -0.3 is 10.2 Å². The number of carbonyl (C=O) groups excluding carboxylic acids is 1. The van der Waals surface area contributed by atoms with E-state index in [4.69, 9.17) is 0 Å². The lowest BCUT2D eigenvalue weighted by atomic mass is 10.0. The summed E-state index contributed by atoms with van der Waals surface area (Å²) in [6, 6.07) is 0.354. The third-order valence-electron chi connectivity index (χ3n) is 2.68. The third-order valence-corrected chi connectivity index (χ3v) is 2.68. The SMILES string of the molecule is CNCCCC(=O)N(C)C(C)CC(C)C. The number of carbonyl (C=O) groups is 1. The maximum atomic E-state index is 11.7. The highest BCUT2D eigenvalue weighted by Crippen LogP contribution is 2.10. The topological polar surface area (TPSA) is 32.3 Å². The highest BCUT2D eigenvalue weighted by atomic mass is 16.2. The van der Waals surface area contributed by atoms with Crippen LogP contribution in [0.3, 0.4) is 0 Å². The van der Waals surface area contributed by atoms with Crippen LogP contribution in [-0.4, -0.2) is 37.5 Å². The minimum Gasteiger partial charge on any atom is -0.343 e. The summed E-state index contributed by atoms with van der Waals surface area (Å²) in [5.74, 6) is 0.908. The van der Waals surface area contributed by atoms with Crippen molar-refractivity contribution in [1.29, 1.82) is 0 Å². The Balaban J connectivity index is 3.85. The van der Waals surface area contributed by atoms with E-state index < -0.39 is 0 Å². The van der Waals surface area contributed by atoms with Crippen LogP contribution in [0.15, 0.2) is 0 Å². The van der Waals surface area contributed by atoms with Gasteiger partial charge in [0, 0.05) is 19.5 Å². The number of nitrogens with one attached hydrogen (secondary N) is 1. The van der Waals surface area contributed by atoms with Crippen LogP contribution < -0.4 is 5.32 Å². The molecule has 1 N–H and O–H groups in total. The molecule has 15 heavy (non-hydrogen) atoms. The Morgan fingerprint density at radius 1 is 1.33 bits per heavy atom. The predicted octanol–water partition coefficient (Wildman–Crippen LogP) is 1.88. The molecule has 3 nitrogen and oxygen atoms in total. The molecule has 0 radical (unpaired) electrons. The Labute approximate surface area is 94.2 Å². The number of hydrogen-bond donors (Lipinski definition) is 1. The molecule has 3 heteroatoms. The highest BCUT2D eigenvalue weighted by molar-refractivity contribution is 5.76. The van der Waals surface area contributed by atoms with Crippen LogP contribution in [0.1, 0.15) is 40.0 Å². The molecule has 0 bridgehead atoms. The highest BCUT2D eigenvalue weighted by Gasteiger charge is 2.15. The second-order valence-corrected chi connectivity index (χ2v) is 4.69. The molecule has 0 heterocycles. The molecule has 0 aliphatic rings. The van der Waals surface area contributed by atoms with Crippen molar-refractivity contribution in [2.75, 3.05) is 20.6 Å². The first kappa shape index (κ1) is 14.4. The van der Waals surface area contributed by atoms with Crippen molar-refractivity contribution >= 4 is 5.91 Å². The average molecular weight is 214 g/mol. The van der Waals surface area contributed by atoms with E-state index in [2.05, 4.69) is 26.1 Å². The first-order valence-corrected chi connectivity index (χ1v) is 5.89. The average Bonchev–Trinajstić information content (AvgIpc) is 2.15. The quantitative estimate of drug-likeness (QED) is 0.656. The van der Waals surface area contributed by atoms with Crippen LogP contribution >= 0.6 is 0 Å². The van der Waals surface area contributed by atoms with Crippen LogP contribution in [0.4, 0.5) is 0 Å². The third kappa shape index (κ3) is 6.50. The number of hydrogen-bond acceptors (Lipinski definition) is 2. The van der Waals surface area contributed by atoms with Gasteiger partial charge in [-0.2, -0.15) is 0 Å². The molecule has 0 aliphatic heterocycles. The lowest BCUT2D eigenvalue weighted by Crippen LogP contribution is -2.36. The van der Waals surface area contributed by atoms with Gasteiger partial charge >= 0.3 is 0 Å². The van der Waals surface area contributed by atoms with Crippen LogP contribution in [0.2, 0.25) is 0 Å². The fraction of sp³-hybridized carbons (Fsp3) is 0.917. The predicted molar refractivity (Wildman–Crippen MR) is 64.8 cm³/mol. The second kappa shape index (κ2) is 7.69. The maximum absolute atomic E-state index is 11.7. The second-order valence-electron chi connectivity index (χ2n) is 4.69. The van der Waals surface area contributed by atoms with E-state index in [0.717, 1.165) is 19.4 Å². The standard InChI is InChI=1S/C12H26N2O/c1-10(2)9-11(3)14(5)12(15)7-6-8-13-4/h10-11,13H,6-9H2,1-5H3. The lowest BCUT2D eigenvalue weighted by molar-refractivity contribution is -0.132. The molecule has 1 atom stereocenters. The molecule has 1 unspecified atom stereocenters. The van der Waals surface area contributed by atoms with Crippen molar-refractivity contribution in [3.63, 3.8) is 0 Å². The minimum absolute atomic E-state index is 0.262. The van der Waals surface area contributed by atoms with Gasteiger partial charge in [-0.1, -0.05) is 13.8 Å². The lowest BCUT2D eigenvalue weighted by Gasteiger charge is -2.26. The molecule has 0 saturated heterocycles. The van der Waals surface area contributed by atoms with Gasteiger partial charge in [-0.25, -0.2) is 0 Å². The number of rotatable bonds is 7. The van der Waals surface area contributed by atoms with Crippen molar-refractivity contribution < 1.29 is 4.79 Å². The molecule has 0 aromatic carbocycles. The van der Waals surface area contributed by atoms with E-state index in [0.29, 0.717) is 18.4 Å². The van der Waals surface area contributed by atoms with Crippen molar-refractivity contribution in [1.82, 2.24) is 10.2 Å². The van der Waals surface area contributed by atoms with Gasteiger partial charge in [0.25, 0.3) is 0 Å². The van der Waals surface area contributed by atoms with Crippen molar-refractivity contribution in [3.8, 4) is 0 Å². The van der Waals surface area contributed by atoms with Crippen molar-refractivity contribution in [2.45, 2.75) is 46.1 Å². The van der Waals surface area contributed by atoms with Crippen LogP contribution in [0.25, 0.3) is 0 Å². The summed E-state index contributed by atoms with van der Waals surface area (Å²) < 4.78 is 0. The van der Waals surface area contributed by atoms with Gasteiger partial charge in [0.2, 0.25) is 5.91 Å². The molecule has 0 rings (SSSR count). The van der Waals surface area contributed by atoms with E-state index in [1.54, 1.807) is 0 Å². The molecule has 0 aliphatic carbocycles. The van der Waals surface area contributed by atoms with Crippen LogP contribution in [0.5, 0.6) is 0 Å². The van der Waals surface area contributed by atoms with E-state index in [1.165, 1.54) is 0 Å². The summed E-state index contributed by atoms with van der Waals surface area (Å²) in [7, 11) is 3.82. The smallest absolute Gasteiger partial charge is 0.222 e. The zero-order valence-corrected chi connectivity index (χ0v) is 10.8. The zero-order chi connectivity index (χ0) is 11.8. The first-order valence-electron chi connectivity index (χ1n) is 5.89. The van der Waals surface area contributed by atoms with Gasteiger partial charge in [-0.15, -0.1) is 0 Å². The Morgan fingerprint density at radius 2 is 1.93 bits per heavy atom. The summed E-state index contributed by atoms with van der Waals surface area (Å²) >= 11 is 0. The summed E-state index contributed by atoms with van der Waals surface area (Å²) in [5, 5.41) is 3.05. The summed E-state index contributed by atoms with van der Waals surface area (Å²) in [4.78, 5) is 13.6. The normalized spacial score (nSPS) is 12.9. The monoisotopic (exact) mass is 214 g/mol. The van der Waals surface area contributed by atoms with Crippen LogP contribution in [0, 0.1) is 5.92 Å². The molecule has 0 fully saturated rings. The molecular formula is C12H26N2O. The Kier molecular flexibility index (Phi) is 7.39. The van der Waals surface area contributed by atoms with Crippen molar-refractivity contribution in [3.05, 3.63) is 0 Å². The summed E-state index contributed by atoms with van der Waals surface area (Å²) in [6.07, 6.45) is 2.65. The van der Waals surface area contributed by atoms with Gasteiger partial charge in [0.05, 0.1) is 0 Å². The summed E-state index contributed by atoms with van der Waals surface area (Å²) in [5.41, 5.74) is 0. The number of amides is 1. The molecular weight excluding hydrogens is 188 g/mol. The molecule has 0 spiro atoms. The Hall–Kier alpha value is -0.570. The Bertz CT molecular complexity index is 180. The van der Waals surface area contributed by atoms with E-state index in [-0.39, 0.29) is 5.91 Å². The van der Waals surface area contributed by atoms with E-state index in [9.17, 15) is 4.79 Å². The molecule has 90 valence electrons. The zero-order valence-electron chi connectivity index (χ0n) is 10.8. The van der Waals surface area contributed by atoms with Gasteiger partial charge in [-0.3, -0.25) is 4.79 Å². The Morgan fingerprint density at radius 3 is 2.40 bits per heavy atom. The fourth-order valence-electron chi connectivity index (χ4n) is 1.68. The maximum Gasteiger partial charge on any atom is 0.222 e. The number of nitrogens with zero attached hydrogens (tertiary/aromatic N) is 1. The minimum atomic E-state index is 0.262. The largest absolute Gasteiger partial charge is 0.343 e. The molecule has 0 aromatic heterocycles. The summed E-state index contributed by atoms with van der Waals surface area (Å²) in [6.45, 7) is 7.42. The molecule has 0 aromatic rings. The fourth-order valence-corrected chi connectivity index (χ4v) is 1.68. The van der Waals surface area contributed by atoms with Gasteiger partial charge in [-0.05, 0) is 39.3 Å². The molecule has 1 amide bonds.